The van der Waals surface area contributed by atoms with E-state index in [-0.39, 0.29) is 36.1 Å². The van der Waals surface area contributed by atoms with Crippen molar-refractivity contribution in [3.05, 3.63) is 74.8 Å². The second-order valence-corrected chi connectivity index (χ2v) is 6.71. The van der Waals surface area contributed by atoms with Crippen molar-refractivity contribution >= 4 is 22.5 Å². The highest BCUT2D eigenvalue weighted by molar-refractivity contribution is 5.78. The Labute approximate surface area is 172 Å². The summed E-state index contributed by atoms with van der Waals surface area (Å²) >= 11 is 0. The van der Waals surface area contributed by atoms with Gasteiger partial charge in [0.15, 0.2) is 12.4 Å². The molecule has 0 unspecified atom stereocenters. The summed E-state index contributed by atoms with van der Waals surface area (Å²) < 4.78 is 5.43. The van der Waals surface area contributed by atoms with Gasteiger partial charge in [-0.3, -0.25) is 19.7 Å². The lowest BCUT2D eigenvalue weighted by Gasteiger charge is -2.22. The summed E-state index contributed by atoms with van der Waals surface area (Å²) in [7, 11) is 0. The van der Waals surface area contributed by atoms with Crippen molar-refractivity contribution in [2.45, 2.75) is 26.3 Å². The van der Waals surface area contributed by atoms with Crippen LogP contribution < -0.4 is 10.3 Å². The fourth-order valence-corrected chi connectivity index (χ4v) is 2.99. The van der Waals surface area contributed by atoms with Gasteiger partial charge in [0.1, 0.15) is 5.82 Å². The highest BCUT2D eigenvalue weighted by Crippen LogP contribution is 2.25. The van der Waals surface area contributed by atoms with Gasteiger partial charge in [-0.25, -0.2) is 4.98 Å². The molecule has 3 rings (SSSR count). The van der Waals surface area contributed by atoms with Gasteiger partial charge in [0.2, 0.25) is 0 Å². The fourth-order valence-electron chi connectivity index (χ4n) is 2.99. The van der Waals surface area contributed by atoms with Crippen molar-refractivity contribution in [1.82, 2.24) is 14.9 Å². The summed E-state index contributed by atoms with van der Waals surface area (Å²) in [6.07, 6.45) is 1.63. The van der Waals surface area contributed by atoms with Gasteiger partial charge in [-0.2, -0.15) is 0 Å². The Hall–Kier alpha value is -3.75. The zero-order valence-corrected chi connectivity index (χ0v) is 16.5. The highest BCUT2D eigenvalue weighted by Gasteiger charge is 2.19. The standard InChI is InChI=1S/C21H22N4O5/c1-2-3-12-24(13-19-22-16-9-5-4-8-15(16)21(27)23-19)20(26)14-30-18-11-7-6-10-17(18)25(28)29/h4-11H,2-3,12-14H2,1H3,(H,22,23,27). The number of H-pyrrole nitrogens is 1. The Bertz CT molecular complexity index is 1110. The number of fused-ring (bicyclic) bond motifs is 1. The summed E-state index contributed by atoms with van der Waals surface area (Å²) in [4.78, 5) is 44.3. The first-order chi connectivity index (χ1) is 14.5. The van der Waals surface area contributed by atoms with Crippen molar-refractivity contribution < 1.29 is 14.5 Å². The molecule has 3 aromatic rings. The van der Waals surface area contributed by atoms with E-state index in [1.54, 1.807) is 30.3 Å². The molecule has 1 aromatic heterocycles. The lowest BCUT2D eigenvalue weighted by Crippen LogP contribution is -2.36. The lowest BCUT2D eigenvalue weighted by atomic mass is 10.2. The molecule has 0 spiro atoms. The first kappa shape index (κ1) is 21.0. The zero-order chi connectivity index (χ0) is 21.5. The number of carbonyl (C=O) groups excluding carboxylic acids is 1. The van der Waals surface area contributed by atoms with Crippen LogP contribution in [0.25, 0.3) is 10.9 Å². The quantitative estimate of drug-likeness (QED) is 0.428. The molecule has 0 aliphatic rings. The fraction of sp³-hybridized carbons (Fsp3) is 0.286. The number of nitro benzene ring substituents is 1. The van der Waals surface area contributed by atoms with Crippen LogP contribution in [-0.4, -0.2) is 38.8 Å². The van der Waals surface area contributed by atoms with Crippen molar-refractivity contribution in [2.24, 2.45) is 0 Å². The number of amides is 1. The van der Waals surface area contributed by atoms with Crippen LogP contribution in [-0.2, 0) is 11.3 Å². The Morgan fingerprint density at radius 1 is 1.20 bits per heavy atom. The van der Waals surface area contributed by atoms with Crippen LogP contribution in [0.2, 0.25) is 0 Å². The number of carbonyl (C=O) groups is 1. The molecule has 0 aliphatic heterocycles. The van der Waals surface area contributed by atoms with Crippen LogP contribution in [0.5, 0.6) is 5.75 Å². The molecule has 2 aromatic carbocycles. The molecule has 0 aliphatic carbocycles. The molecule has 1 N–H and O–H groups in total. The molecular weight excluding hydrogens is 388 g/mol. The number of ether oxygens (including phenoxy) is 1. The van der Waals surface area contributed by atoms with E-state index < -0.39 is 4.92 Å². The lowest BCUT2D eigenvalue weighted by molar-refractivity contribution is -0.385. The number of nitrogens with zero attached hydrogens (tertiary/aromatic N) is 3. The molecule has 9 heteroatoms. The van der Waals surface area contributed by atoms with Gasteiger partial charge < -0.3 is 14.6 Å². The van der Waals surface area contributed by atoms with E-state index in [0.717, 1.165) is 12.8 Å². The first-order valence-electron chi connectivity index (χ1n) is 9.61. The summed E-state index contributed by atoms with van der Waals surface area (Å²) in [5, 5.41) is 11.6. The van der Waals surface area contributed by atoms with Crippen LogP contribution in [0.4, 0.5) is 5.69 Å². The molecule has 0 bridgehead atoms. The normalized spacial score (nSPS) is 10.7. The number of para-hydroxylation sites is 3. The van der Waals surface area contributed by atoms with Crippen molar-refractivity contribution in [3.8, 4) is 5.75 Å². The number of hydrogen-bond acceptors (Lipinski definition) is 6. The van der Waals surface area contributed by atoms with Crippen molar-refractivity contribution in [2.75, 3.05) is 13.2 Å². The van der Waals surface area contributed by atoms with Crippen molar-refractivity contribution in [3.63, 3.8) is 0 Å². The summed E-state index contributed by atoms with van der Waals surface area (Å²) in [6.45, 7) is 2.21. The van der Waals surface area contributed by atoms with Gasteiger partial charge >= 0.3 is 5.69 Å². The summed E-state index contributed by atoms with van der Waals surface area (Å²) in [6, 6.07) is 12.9. The number of unbranched alkanes of at least 4 members (excludes halogenated alkanes) is 1. The zero-order valence-electron chi connectivity index (χ0n) is 16.5. The topological polar surface area (TPSA) is 118 Å². The average molecular weight is 410 g/mol. The number of benzene rings is 2. The molecule has 0 saturated heterocycles. The number of aromatic amines is 1. The van der Waals surface area contributed by atoms with Crippen LogP contribution in [0.15, 0.2) is 53.3 Å². The van der Waals surface area contributed by atoms with Crippen molar-refractivity contribution in [1.29, 1.82) is 0 Å². The number of rotatable bonds is 9. The van der Waals surface area contributed by atoms with Gasteiger partial charge in [-0.05, 0) is 24.6 Å². The van der Waals surface area contributed by atoms with E-state index in [1.807, 2.05) is 6.92 Å². The number of aromatic nitrogens is 2. The Morgan fingerprint density at radius 3 is 2.70 bits per heavy atom. The Kier molecular flexibility index (Phi) is 6.74. The van der Waals surface area contributed by atoms with Crippen LogP contribution in [0.1, 0.15) is 25.6 Å². The van der Waals surface area contributed by atoms with E-state index in [2.05, 4.69) is 9.97 Å². The maximum Gasteiger partial charge on any atom is 0.310 e. The number of nitrogens with one attached hydrogen (secondary N) is 1. The highest BCUT2D eigenvalue weighted by atomic mass is 16.6. The minimum Gasteiger partial charge on any atom is -0.477 e. The second-order valence-electron chi connectivity index (χ2n) is 6.71. The predicted molar refractivity (Wildman–Crippen MR) is 111 cm³/mol. The number of nitro groups is 1. The van der Waals surface area contributed by atoms with Gasteiger partial charge in [0.25, 0.3) is 11.5 Å². The average Bonchev–Trinajstić information content (AvgIpc) is 2.75. The Morgan fingerprint density at radius 2 is 1.93 bits per heavy atom. The molecule has 156 valence electrons. The van der Waals surface area contributed by atoms with Crippen LogP contribution >= 0.6 is 0 Å². The minimum atomic E-state index is -0.557. The molecule has 1 amide bonds. The molecule has 0 radical (unpaired) electrons. The second kappa shape index (κ2) is 9.64. The molecule has 0 fully saturated rings. The number of hydrogen-bond donors (Lipinski definition) is 1. The maximum absolute atomic E-state index is 12.8. The molecule has 1 heterocycles. The van der Waals surface area contributed by atoms with Gasteiger partial charge in [0, 0.05) is 12.6 Å². The van der Waals surface area contributed by atoms with E-state index in [1.165, 1.54) is 23.1 Å². The largest absolute Gasteiger partial charge is 0.477 e. The third-order valence-corrected chi connectivity index (χ3v) is 4.55. The molecular formula is C21H22N4O5. The van der Waals surface area contributed by atoms with Crippen LogP contribution in [0, 0.1) is 10.1 Å². The maximum atomic E-state index is 12.8. The summed E-state index contributed by atoms with van der Waals surface area (Å²) in [5.74, 6) is 0.0507. The van der Waals surface area contributed by atoms with Crippen LogP contribution in [0.3, 0.4) is 0 Å². The van der Waals surface area contributed by atoms with Gasteiger partial charge in [0.05, 0.1) is 22.4 Å². The molecule has 30 heavy (non-hydrogen) atoms. The summed E-state index contributed by atoms with van der Waals surface area (Å²) in [5.41, 5.74) is 0.0795. The third kappa shape index (κ3) is 4.99. The molecule has 0 saturated carbocycles. The van der Waals surface area contributed by atoms with E-state index >= 15 is 0 Å². The minimum absolute atomic E-state index is 0.0310. The van der Waals surface area contributed by atoms with Gasteiger partial charge in [-0.1, -0.05) is 37.6 Å². The smallest absolute Gasteiger partial charge is 0.310 e. The predicted octanol–water partition coefficient (Wildman–Crippen LogP) is 3.04. The molecule has 0 atom stereocenters. The Balaban J connectivity index is 1.76. The monoisotopic (exact) mass is 410 g/mol. The van der Waals surface area contributed by atoms with E-state index in [0.29, 0.717) is 23.3 Å². The van der Waals surface area contributed by atoms with E-state index in [4.69, 9.17) is 4.74 Å². The molecule has 9 nitrogen and oxygen atoms in total. The van der Waals surface area contributed by atoms with E-state index in [9.17, 15) is 19.7 Å². The van der Waals surface area contributed by atoms with Gasteiger partial charge in [-0.15, -0.1) is 0 Å². The SMILES string of the molecule is CCCCN(Cc1nc2ccccc2c(=O)[nH]1)C(=O)COc1ccccc1[N+](=O)[O-]. The first-order valence-corrected chi connectivity index (χ1v) is 9.61. The third-order valence-electron chi connectivity index (χ3n) is 4.55.